The van der Waals surface area contributed by atoms with E-state index >= 15 is 0 Å². The summed E-state index contributed by atoms with van der Waals surface area (Å²) in [7, 11) is 1.57. The van der Waals surface area contributed by atoms with Crippen molar-refractivity contribution in [3.8, 4) is 17.0 Å². The van der Waals surface area contributed by atoms with Crippen LogP contribution in [0.1, 0.15) is 15.9 Å². The van der Waals surface area contributed by atoms with Crippen LogP contribution in [0.15, 0.2) is 65.5 Å². The second-order valence-corrected chi connectivity index (χ2v) is 7.42. The van der Waals surface area contributed by atoms with Gasteiger partial charge in [0.1, 0.15) is 11.6 Å². The number of pyridine rings is 1. The Kier molecular flexibility index (Phi) is 5.48. The molecule has 0 bridgehead atoms. The third-order valence-electron chi connectivity index (χ3n) is 5.18. The number of fused-ring (bicyclic) bond motifs is 1. The van der Waals surface area contributed by atoms with Crippen LogP contribution < -0.4 is 16.0 Å². The number of anilines is 1. The molecule has 0 unspecified atom stereocenters. The highest BCUT2D eigenvalue weighted by atomic mass is 35.5. The molecular weight excluding hydrogens is 419 g/mol. The Hall–Kier alpha value is -3.64. The monoisotopic (exact) mass is 436 g/mol. The van der Waals surface area contributed by atoms with Crippen LogP contribution in [0.25, 0.3) is 22.0 Å². The van der Waals surface area contributed by atoms with Gasteiger partial charge in [0.05, 0.1) is 35.4 Å². The van der Waals surface area contributed by atoms with E-state index in [2.05, 4.69) is 0 Å². The number of nitrogens with two attached hydrogens (primary N) is 1. The number of ether oxygens (including phenoxy) is 1. The highest BCUT2D eigenvalue weighted by molar-refractivity contribution is 6.33. The molecule has 0 aliphatic heterocycles. The number of hydrogen-bond donors (Lipinski definition) is 1. The maximum atomic E-state index is 14.1. The number of aromatic nitrogens is 1. The largest absolute Gasteiger partial charge is 0.497 e. The molecule has 1 aromatic heterocycles. The van der Waals surface area contributed by atoms with Gasteiger partial charge in [0.2, 0.25) is 0 Å². The number of nitrogen functional groups attached to an aromatic ring is 1. The minimum absolute atomic E-state index is 0.163. The predicted molar refractivity (Wildman–Crippen MR) is 121 cm³/mol. The maximum absolute atomic E-state index is 14.1. The van der Waals surface area contributed by atoms with Gasteiger partial charge in [-0.2, -0.15) is 0 Å². The van der Waals surface area contributed by atoms with Gasteiger partial charge < -0.3 is 15.0 Å². The van der Waals surface area contributed by atoms with Gasteiger partial charge in [-0.15, -0.1) is 0 Å². The summed E-state index contributed by atoms with van der Waals surface area (Å²) in [5, 5.41) is 0.856. The van der Waals surface area contributed by atoms with Crippen LogP contribution in [0.5, 0.6) is 5.75 Å². The Morgan fingerprint density at radius 2 is 1.87 bits per heavy atom. The van der Waals surface area contributed by atoms with Gasteiger partial charge in [-0.25, -0.2) is 4.39 Å². The van der Waals surface area contributed by atoms with Crippen LogP contribution in [0.2, 0.25) is 5.02 Å². The third kappa shape index (κ3) is 3.66. The molecule has 4 aromatic rings. The molecule has 5 nitrogen and oxygen atoms in total. The zero-order valence-corrected chi connectivity index (χ0v) is 17.3. The van der Waals surface area contributed by atoms with Crippen molar-refractivity contribution in [2.24, 2.45) is 0 Å². The van der Waals surface area contributed by atoms with Crippen LogP contribution in [-0.2, 0) is 6.54 Å². The molecule has 0 aliphatic carbocycles. The van der Waals surface area contributed by atoms with E-state index < -0.39 is 5.82 Å². The number of hydrogen-bond acceptors (Lipinski definition) is 4. The molecule has 0 fully saturated rings. The minimum Gasteiger partial charge on any atom is -0.497 e. The molecule has 156 valence electrons. The summed E-state index contributed by atoms with van der Waals surface area (Å²) in [5.41, 5.74) is 7.92. The lowest BCUT2D eigenvalue weighted by molar-refractivity contribution is 0.112. The maximum Gasteiger partial charge on any atom is 0.259 e. The predicted octanol–water partition coefficient (Wildman–Crippen LogP) is 4.91. The fourth-order valence-corrected chi connectivity index (χ4v) is 3.90. The summed E-state index contributed by atoms with van der Waals surface area (Å²) < 4.78 is 20.7. The Morgan fingerprint density at radius 1 is 1.13 bits per heavy atom. The van der Waals surface area contributed by atoms with Crippen LogP contribution in [0.3, 0.4) is 0 Å². The van der Waals surface area contributed by atoms with E-state index in [0.717, 1.165) is 5.56 Å². The van der Waals surface area contributed by atoms with Gasteiger partial charge in [0.15, 0.2) is 6.29 Å². The summed E-state index contributed by atoms with van der Waals surface area (Å²) in [6.45, 7) is 0.163. The van der Waals surface area contributed by atoms with E-state index in [1.165, 1.54) is 22.8 Å². The molecule has 0 spiro atoms. The third-order valence-corrected chi connectivity index (χ3v) is 5.51. The van der Waals surface area contributed by atoms with Crippen LogP contribution >= 0.6 is 11.6 Å². The Bertz CT molecular complexity index is 1360. The first-order valence-electron chi connectivity index (χ1n) is 9.43. The molecule has 2 N–H and O–H groups in total. The lowest BCUT2D eigenvalue weighted by Crippen LogP contribution is -2.24. The normalized spacial score (nSPS) is 10.9. The molecular formula is C24H18ClFN2O3. The molecule has 0 amide bonds. The quantitative estimate of drug-likeness (QED) is 0.451. The second kappa shape index (κ2) is 8.24. The van der Waals surface area contributed by atoms with Gasteiger partial charge in [-0.1, -0.05) is 35.9 Å². The van der Waals surface area contributed by atoms with Gasteiger partial charge >= 0.3 is 0 Å². The molecule has 0 aliphatic rings. The van der Waals surface area contributed by atoms with Crippen LogP contribution in [0, 0.1) is 5.82 Å². The van der Waals surface area contributed by atoms with Gasteiger partial charge in [0, 0.05) is 16.5 Å². The molecule has 31 heavy (non-hydrogen) atoms. The zero-order valence-electron chi connectivity index (χ0n) is 16.6. The Morgan fingerprint density at radius 3 is 2.55 bits per heavy atom. The number of benzene rings is 3. The first kappa shape index (κ1) is 20.6. The van der Waals surface area contributed by atoms with Crippen molar-refractivity contribution in [1.82, 2.24) is 4.57 Å². The molecule has 0 radical (unpaired) electrons. The molecule has 4 rings (SSSR count). The number of rotatable bonds is 5. The van der Waals surface area contributed by atoms with Crippen LogP contribution in [-0.4, -0.2) is 18.0 Å². The average molecular weight is 437 g/mol. The SMILES string of the molecule is COc1ccc(Cn2c(-c3cc(F)ccc3Cl)c(N)c3c(C=O)cccc3c2=O)cc1. The van der Waals surface area contributed by atoms with Crippen molar-refractivity contribution in [3.05, 3.63) is 93.0 Å². The standard InChI is InChI=1S/C24H18ClFN2O3/c1-31-17-8-5-14(6-9-17)12-28-23(19-11-16(26)7-10-20(19)25)22(27)21-15(13-29)3-2-4-18(21)24(28)30/h2-11,13H,12,27H2,1H3. The number of halogens is 2. The number of nitrogens with zero attached hydrogens (tertiary/aromatic N) is 1. The summed E-state index contributed by atoms with van der Waals surface area (Å²) >= 11 is 6.37. The average Bonchev–Trinajstić information content (AvgIpc) is 2.79. The summed E-state index contributed by atoms with van der Waals surface area (Å²) in [6.07, 6.45) is 0.642. The van der Waals surface area contributed by atoms with Gasteiger partial charge in [0.25, 0.3) is 5.56 Å². The summed E-state index contributed by atoms with van der Waals surface area (Å²) in [6, 6.07) is 15.9. The lowest BCUT2D eigenvalue weighted by Gasteiger charge is -2.20. The van der Waals surface area contributed by atoms with E-state index in [-0.39, 0.29) is 39.6 Å². The number of methoxy groups -OCH3 is 1. The van der Waals surface area contributed by atoms with E-state index in [9.17, 15) is 14.0 Å². The summed E-state index contributed by atoms with van der Waals surface area (Å²) in [5.74, 6) is 0.157. The zero-order chi connectivity index (χ0) is 22.1. The second-order valence-electron chi connectivity index (χ2n) is 7.01. The van der Waals surface area contributed by atoms with Crippen molar-refractivity contribution in [3.63, 3.8) is 0 Å². The fourth-order valence-electron chi connectivity index (χ4n) is 3.69. The van der Waals surface area contributed by atoms with E-state index in [1.54, 1.807) is 37.4 Å². The van der Waals surface area contributed by atoms with E-state index in [0.29, 0.717) is 22.8 Å². The first-order valence-corrected chi connectivity index (χ1v) is 9.81. The van der Waals surface area contributed by atoms with Crippen molar-refractivity contribution < 1.29 is 13.9 Å². The van der Waals surface area contributed by atoms with Crippen LogP contribution in [0.4, 0.5) is 10.1 Å². The van der Waals surface area contributed by atoms with Crippen molar-refractivity contribution in [1.29, 1.82) is 0 Å². The van der Waals surface area contributed by atoms with Crippen molar-refractivity contribution >= 4 is 34.3 Å². The molecule has 0 saturated heterocycles. The number of aldehydes is 1. The molecule has 7 heteroatoms. The van der Waals surface area contributed by atoms with Gasteiger partial charge in [-0.3, -0.25) is 9.59 Å². The van der Waals surface area contributed by atoms with E-state index in [4.69, 9.17) is 22.1 Å². The number of carbonyl (C=O) groups excluding carboxylic acids is 1. The molecule has 1 heterocycles. The van der Waals surface area contributed by atoms with Gasteiger partial charge in [-0.05, 0) is 42.0 Å². The Balaban J connectivity index is 2.07. The van der Waals surface area contributed by atoms with E-state index in [1.807, 2.05) is 12.1 Å². The van der Waals surface area contributed by atoms with Crippen molar-refractivity contribution in [2.45, 2.75) is 6.54 Å². The summed E-state index contributed by atoms with van der Waals surface area (Å²) in [4.78, 5) is 25.1. The lowest BCUT2D eigenvalue weighted by atomic mass is 9.99. The smallest absolute Gasteiger partial charge is 0.259 e. The Labute approximate surface area is 182 Å². The highest BCUT2D eigenvalue weighted by Crippen LogP contribution is 2.36. The number of carbonyl (C=O) groups is 1. The first-order chi connectivity index (χ1) is 14.9. The topological polar surface area (TPSA) is 74.3 Å². The molecule has 0 atom stereocenters. The highest BCUT2D eigenvalue weighted by Gasteiger charge is 2.21. The van der Waals surface area contributed by atoms with Crippen molar-refractivity contribution in [2.75, 3.05) is 12.8 Å². The minimum atomic E-state index is -0.522. The molecule has 3 aromatic carbocycles. The molecule has 0 saturated carbocycles. The fraction of sp³-hybridized carbons (Fsp3) is 0.0833.